The average Bonchev–Trinajstić information content (AvgIpc) is 3.08. The Kier molecular flexibility index (Phi) is 4.41. The third-order valence-electron chi connectivity index (χ3n) is 5.01. The molecule has 142 valence electrons. The number of imidazole rings is 1. The molecule has 3 rings (SSSR count). The lowest BCUT2D eigenvalue weighted by atomic mass is 9.86. The molecule has 7 heteroatoms. The number of Topliss-reactive ketones (excluding diaryl/α,β-unsaturated/α-hetero) is 1. The molecule has 0 aliphatic carbocycles. The molecule has 1 atom stereocenters. The number of carbonyl (C=O) groups excluding carboxylic acids is 1. The first-order valence-electron chi connectivity index (χ1n) is 8.81. The molecule has 2 heterocycles. The van der Waals surface area contributed by atoms with Crippen molar-refractivity contribution in [2.75, 3.05) is 0 Å². The van der Waals surface area contributed by atoms with E-state index in [1.165, 1.54) is 22.5 Å². The van der Waals surface area contributed by atoms with Crippen molar-refractivity contribution in [3.8, 4) is 0 Å². The van der Waals surface area contributed by atoms with Crippen molar-refractivity contribution in [3.63, 3.8) is 0 Å². The number of nitrogens with zero attached hydrogens (tertiary/aromatic N) is 4. The molecule has 0 saturated carbocycles. The molecule has 0 spiro atoms. The lowest BCUT2D eigenvalue weighted by molar-refractivity contribution is 0.0936. The first-order valence-corrected chi connectivity index (χ1v) is 8.81. The molecular weight excluding hydrogens is 344 g/mol. The smallest absolute Gasteiger partial charge is 0.314 e. The Balaban J connectivity index is 2.06. The topological polar surface area (TPSA) is 78.9 Å². The molecular formula is C20H24N4O3. The van der Waals surface area contributed by atoms with E-state index in [1.807, 2.05) is 24.3 Å². The van der Waals surface area contributed by atoms with Gasteiger partial charge in [0.2, 0.25) is 0 Å². The number of aromatic nitrogens is 4. The normalized spacial score (nSPS) is 13.1. The van der Waals surface area contributed by atoms with Crippen LogP contribution in [0.25, 0.3) is 11.2 Å². The molecule has 0 aliphatic heterocycles. The molecule has 0 radical (unpaired) electrons. The average molecular weight is 368 g/mol. The van der Waals surface area contributed by atoms with Gasteiger partial charge in [0.1, 0.15) is 0 Å². The first kappa shape index (κ1) is 18.8. The van der Waals surface area contributed by atoms with Gasteiger partial charge in [-0.25, -0.2) is 9.78 Å². The summed E-state index contributed by atoms with van der Waals surface area (Å²) in [7, 11) is 2.97. The van der Waals surface area contributed by atoms with Crippen LogP contribution < -0.4 is 11.2 Å². The van der Waals surface area contributed by atoms with Crippen LogP contribution in [-0.4, -0.2) is 24.5 Å². The van der Waals surface area contributed by atoms with Gasteiger partial charge in [-0.2, -0.15) is 0 Å². The van der Waals surface area contributed by atoms with Crippen molar-refractivity contribution in [2.24, 2.45) is 14.1 Å². The van der Waals surface area contributed by atoms with E-state index in [-0.39, 0.29) is 22.4 Å². The highest BCUT2D eigenvalue weighted by Crippen LogP contribution is 2.24. The van der Waals surface area contributed by atoms with Crippen LogP contribution in [-0.2, 0) is 19.5 Å². The van der Waals surface area contributed by atoms with Crippen LogP contribution in [0.4, 0.5) is 0 Å². The van der Waals surface area contributed by atoms with Gasteiger partial charge >= 0.3 is 5.69 Å². The monoisotopic (exact) mass is 368 g/mol. The number of fused-ring (bicyclic) bond motifs is 1. The second kappa shape index (κ2) is 6.33. The quantitative estimate of drug-likeness (QED) is 0.664. The minimum absolute atomic E-state index is 0.00470. The van der Waals surface area contributed by atoms with E-state index in [9.17, 15) is 14.4 Å². The van der Waals surface area contributed by atoms with Gasteiger partial charge in [-0.15, -0.1) is 0 Å². The number of carbonyl (C=O) groups is 1. The fourth-order valence-corrected chi connectivity index (χ4v) is 3.16. The van der Waals surface area contributed by atoms with Crippen LogP contribution in [0.3, 0.4) is 0 Å². The molecule has 27 heavy (non-hydrogen) atoms. The van der Waals surface area contributed by atoms with Crippen LogP contribution in [0.15, 0.2) is 40.2 Å². The zero-order valence-corrected chi connectivity index (χ0v) is 16.5. The van der Waals surface area contributed by atoms with Crippen molar-refractivity contribution in [3.05, 3.63) is 62.6 Å². The number of benzene rings is 1. The van der Waals surface area contributed by atoms with Gasteiger partial charge in [0, 0.05) is 19.7 Å². The lowest BCUT2D eigenvalue weighted by Gasteiger charge is -2.19. The van der Waals surface area contributed by atoms with Gasteiger partial charge in [-0.05, 0) is 17.9 Å². The van der Waals surface area contributed by atoms with Crippen LogP contribution in [0.5, 0.6) is 0 Å². The molecule has 3 aromatic rings. The Hall–Kier alpha value is -2.96. The standard InChI is InChI=1S/C20H24N4O3/c1-12(16(25)13-7-9-14(10-8-13)20(2,3)4)24-11-21-17-15(24)18(26)23(6)19(27)22(17)5/h7-12H,1-6H3/t12-/m0/s1. The number of ketones is 1. The highest BCUT2D eigenvalue weighted by atomic mass is 16.2. The SMILES string of the molecule is C[C@@H](C(=O)c1ccc(C(C)(C)C)cc1)n1cnc2c1c(=O)n(C)c(=O)n2C. The van der Waals surface area contributed by atoms with Crippen molar-refractivity contribution in [2.45, 2.75) is 39.2 Å². The summed E-state index contributed by atoms with van der Waals surface area (Å²) in [6.45, 7) is 8.07. The molecule has 7 nitrogen and oxygen atoms in total. The van der Waals surface area contributed by atoms with Crippen molar-refractivity contribution >= 4 is 16.9 Å². The zero-order chi connectivity index (χ0) is 20.1. The van der Waals surface area contributed by atoms with E-state index in [1.54, 1.807) is 14.0 Å². The molecule has 0 fully saturated rings. The largest absolute Gasteiger partial charge is 0.332 e. The third kappa shape index (κ3) is 3.03. The molecule has 0 saturated heterocycles. The fraction of sp³-hybridized carbons (Fsp3) is 0.400. The molecule has 0 unspecified atom stereocenters. The minimum Gasteiger partial charge on any atom is -0.314 e. The molecule has 0 aliphatic rings. The summed E-state index contributed by atoms with van der Waals surface area (Å²) in [6, 6.07) is 6.91. The number of rotatable bonds is 3. The van der Waals surface area contributed by atoms with Gasteiger partial charge in [-0.1, -0.05) is 45.0 Å². The van der Waals surface area contributed by atoms with Gasteiger partial charge in [0.15, 0.2) is 16.9 Å². The minimum atomic E-state index is -0.624. The molecule has 0 amide bonds. The van der Waals surface area contributed by atoms with Gasteiger partial charge in [-0.3, -0.25) is 18.7 Å². The van der Waals surface area contributed by atoms with Crippen LogP contribution in [0, 0.1) is 0 Å². The molecule has 0 bridgehead atoms. The van der Waals surface area contributed by atoms with Crippen molar-refractivity contribution in [1.29, 1.82) is 0 Å². The fourth-order valence-electron chi connectivity index (χ4n) is 3.16. The molecule has 1 aromatic carbocycles. The Morgan fingerprint density at radius 1 is 1.04 bits per heavy atom. The van der Waals surface area contributed by atoms with Crippen molar-refractivity contribution < 1.29 is 4.79 Å². The van der Waals surface area contributed by atoms with Crippen LogP contribution in [0.1, 0.15) is 49.7 Å². The van der Waals surface area contributed by atoms with E-state index in [0.29, 0.717) is 5.56 Å². The summed E-state index contributed by atoms with van der Waals surface area (Å²) in [4.78, 5) is 41.8. The Morgan fingerprint density at radius 3 is 2.19 bits per heavy atom. The molecule has 0 N–H and O–H groups in total. The van der Waals surface area contributed by atoms with E-state index >= 15 is 0 Å². The number of aryl methyl sites for hydroxylation is 1. The summed E-state index contributed by atoms with van der Waals surface area (Å²) in [5, 5.41) is 0. The van der Waals surface area contributed by atoms with Gasteiger partial charge < -0.3 is 4.57 Å². The van der Waals surface area contributed by atoms with Crippen LogP contribution >= 0.6 is 0 Å². The maximum Gasteiger partial charge on any atom is 0.332 e. The first-order chi connectivity index (χ1) is 12.5. The van der Waals surface area contributed by atoms with Crippen LogP contribution in [0.2, 0.25) is 0 Å². The van der Waals surface area contributed by atoms with Gasteiger partial charge in [0.25, 0.3) is 5.56 Å². The predicted molar refractivity (Wildman–Crippen MR) is 104 cm³/mol. The predicted octanol–water partition coefficient (Wildman–Crippen LogP) is 2.18. The summed E-state index contributed by atoms with van der Waals surface area (Å²) in [6.07, 6.45) is 1.44. The third-order valence-corrected chi connectivity index (χ3v) is 5.01. The number of hydrogen-bond acceptors (Lipinski definition) is 4. The van der Waals surface area contributed by atoms with Crippen molar-refractivity contribution in [1.82, 2.24) is 18.7 Å². The van der Waals surface area contributed by atoms with E-state index < -0.39 is 17.3 Å². The maximum absolute atomic E-state index is 13.0. The summed E-state index contributed by atoms with van der Waals surface area (Å²) in [5.41, 5.74) is 1.31. The maximum atomic E-state index is 13.0. The summed E-state index contributed by atoms with van der Waals surface area (Å²) < 4.78 is 3.87. The summed E-state index contributed by atoms with van der Waals surface area (Å²) >= 11 is 0. The molecule has 2 aromatic heterocycles. The second-order valence-corrected chi connectivity index (χ2v) is 7.90. The van der Waals surface area contributed by atoms with Gasteiger partial charge in [0.05, 0.1) is 12.4 Å². The van der Waals surface area contributed by atoms with E-state index in [0.717, 1.165) is 10.1 Å². The van der Waals surface area contributed by atoms with E-state index in [4.69, 9.17) is 0 Å². The number of hydrogen-bond donors (Lipinski definition) is 0. The lowest BCUT2D eigenvalue weighted by Crippen LogP contribution is -2.38. The Morgan fingerprint density at radius 2 is 1.63 bits per heavy atom. The second-order valence-electron chi connectivity index (χ2n) is 7.90. The summed E-state index contributed by atoms with van der Waals surface area (Å²) in [5.74, 6) is -0.120. The Labute approximate surface area is 156 Å². The highest BCUT2D eigenvalue weighted by molar-refractivity contribution is 5.99. The van der Waals surface area contributed by atoms with E-state index in [2.05, 4.69) is 25.8 Å². The Bertz CT molecular complexity index is 1140. The highest BCUT2D eigenvalue weighted by Gasteiger charge is 2.23. The zero-order valence-electron chi connectivity index (χ0n) is 16.5.